The molecule has 3 N–H and O–H groups in total. The van der Waals surface area contributed by atoms with Gasteiger partial charge in [0.25, 0.3) is 0 Å². The maximum atomic E-state index is 14.1. The standard InChI is InChI=1S/C29H24ClN3O6/c1-14-8-18-25(19(30)9-14)31-28(37)29(18)24-23(20(32-29)10-15-2-5-17(34)6-3-15)26(35)33(27(24)36)12-16-4-7-21-22(11-16)39-13-38-21/h2-9,11,20,23-24,32,34H,10,12-13H2,1H3,(H,31,37)/t20-,23-,24+,29+/m1/s1. The van der Waals surface area contributed by atoms with E-state index in [2.05, 4.69) is 10.6 Å². The van der Waals surface area contributed by atoms with Crippen LogP contribution in [-0.2, 0) is 32.9 Å². The van der Waals surface area contributed by atoms with Gasteiger partial charge in [0, 0.05) is 11.6 Å². The second kappa shape index (κ2) is 8.46. The Hall–Kier alpha value is -4.08. The van der Waals surface area contributed by atoms with Gasteiger partial charge in [0.1, 0.15) is 11.3 Å². The number of carbonyl (C=O) groups is 3. The zero-order valence-corrected chi connectivity index (χ0v) is 21.6. The number of carbonyl (C=O) groups excluding carboxylic acids is 3. The summed E-state index contributed by atoms with van der Waals surface area (Å²) in [5, 5.41) is 16.4. The normalized spacial score (nSPS) is 26.4. The number of aryl methyl sites for hydroxylation is 1. The summed E-state index contributed by atoms with van der Waals surface area (Å²) in [4.78, 5) is 43.1. The van der Waals surface area contributed by atoms with E-state index in [0.29, 0.717) is 39.8 Å². The van der Waals surface area contributed by atoms with Gasteiger partial charge in [-0.25, -0.2) is 0 Å². The highest BCUT2D eigenvalue weighted by molar-refractivity contribution is 6.35. The largest absolute Gasteiger partial charge is 0.508 e. The fourth-order valence-electron chi connectivity index (χ4n) is 6.49. The van der Waals surface area contributed by atoms with E-state index in [4.69, 9.17) is 21.1 Å². The molecule has 7 rings (SSSR count). The maximum absolute atomic E-state index is 14.1. The van der Waals surface area contributed by atoms with Gasteiger partial charge in [-0.2, -0.15) is 0 Å². The third-order valence-corrected chi connectivity index (χ3v) is 8.48. The molecule has 0 bridgehead atoms. The van der Waals surface area contributed by atoms with E-state index in [-0.39, 0.29) is 25.0 Å². The summed E-state index contributed by atoms with van der Waals surface area (Å²) in [7, 11) is 0. The molecule has 2 fully saturated rings. The second-order valence-electron chi connectivity index (χ2n) is 10.5. The van der Waals surface area contributed by atoms with Crippen LogP contribution >= 0.6 is 11.6 Å². The molecule has 3 aromatic carbocycles. The molecule has 3 aromatic rings. The first-order valence-corrected chi connectivity index (χ1v) is 13.1. The van der Waals surface area contributed by atoms with Gasteiger partial charge >= 0.3 is 0 Å². The van der Waals surface area contributed by atoms with Crippen LogP contribution < -0.4 is 20.1 Å². The van der Waals surface area contributed by atoms with Crippen LogP contribution in [0.1, 0.15) is 22.3 Å². The third-order valence-electron chi connectivity index (χ3n) is 8.18. The number of aromatic hydroxyl groups is 1. The Morgan fingerprint density at radius 3 is 2.54 bits per heavy atom. The molecule has 0 aliphatic carbocycles. The van der Waals surface area contributed by atoms with Gasteiger partial charge in [0.05, 0.1) is 29.1 Å². The van der Waals surface area contributed by atoms with Gasteiger partial charge in [-0.05, 0) is 60.4 Å². The highest BCUT2D eigenvalue weighted by Crippen LogP contribution is 2.55. The Morgan fingerprint density at radius 1 is 1.00 bits per heavy atom. The van der Waals surface area contributed by atoms with Gasteiger partial charge in [-0.3, -0.25) is 24.6 Å². The summed E-state index contributed by atoms with van der Waals surface area (Å²) in [6, 6.07) is 15.1. The quantitative estimate of drug-likeness (QED) is 0.431. The molecule has 0 radical (unpaired) electrons. The second-order valence-corrected chi connectivity index (χ2v) is 10.9. The third kappa shape index (κ3) is 3.46. The van der Waals surface area contributed by atoms with Crippen molar-refractivity contribution in [2.75, 3.05) is 12.1 Å². The predicted octanol–water partition coefficient (Wildman–Crippen LogP) is 3.25. The number of rotatable bonds is 4. The van der Waals surface area contributed by atoms with Gasteiger partial charge in [-0.1, -0.05) is 35.9 Å². The monoisotopic (exact) mass is 545 g/mol. The molecule has 0 unspecified atom stereocenters. The molecular formula is C29H24ClN3O6. The highest BCUT2D eigenvalue weighted by Gasteiger charge is 2.70. The van der Waals surface area contributed by atoms with Gasteiger partial charge in [0.15, 0.2) is 11.5 Å². The first-order chi connectivity index (χ1) is 18.8. The van der Waals surface area contributed by atoms with Crippen LogP contribution in [0.15, 0.2) is 54.6 Å². The topological polar surface area (TPSA) is 117 Å². The van der Waals surface area contributed by atoms with Crippen molar-refractivity contribution in [3.8, 4) is 17.2 Å². The van der Waals surface area contributed by atoms with Crippen molar-refractivity contribution < 1.29 is 29.0 Å². The Labute approximate surface area is 228 Å². The number of phenolic OH excluding ortho intramolecular Hbond substituents is 1. The first kappa shape index (κ1) is 24.0. The van der Waals surface area contributed by atoms with Crippen LogP contribution in [0.5, 0.6) is 17.2 Å². The molecule has 39 heavy (non-hydrogen) atoms. The van der Waals surface area contributed by atoms with Crippen molar-refractivity contribution in [1.82, 2.24) is 10.2 Å². The number of hydrogen-bond donors (Lipinski definition) is 3. The molecule has 0 saturated carbocycles. The maximum Gasteiger partial charge on any atom is 0.250 e. The summed E-state index contributed by atoms with van der Waals surface area (Å²) in [5.74, 6) is -1.60. The summed E-state index contributed by atoms with van der Waals surface area (Å²) in [6.07, 6.45) is 0.377. The van der Waals surface area contributed by atoms with Crippen molar-refractivity contribution in [3.05, 3.63) is 81.9 Å². The van der Waals surface area contributed by atoms with Crippen molar-refractivity contribution in [3.63, 3.8) is 0 Å². The van der Waals surface area contributed by atoms with Crippen LogP contribution in [-0.4, -0.2) is 40.6 Å². The molecule has 4 atom stereocenters. The molecule has 10 heteroatoms. The van der Waals surface area contributed by atoms with Gasteiger partial charge < -0.3 is 19.9 Å². The number of amides is 3. The lowest BCUT2D eigenvalue weighted by Crippen LogP contribution is -2.53. The number of imide groups is 1. The number of hydrogen-bond acceptors (Lipinski definition) is 7. The summed E-state index contributed by atoms with van der Waals surface area (Å²) in [5.41, 5.74) is 1.99. The molecule has 0 aromatic heterocycles. The lowest BCUT2D eigenvalue weighted by Gasteiger charge is -2.30. The fourth-order valence-corrected chi connectivity index (χ4v) is 6.81. The van der Waals surface area contributed by atoms with Crippen LogP contribution in [0.3, 0.4) is 0 Å². The van der Waals surface area contributed by atoms with Crippen LogP contribution in [0, 0.1) is 18.8 Å². The smallest absolute Gasteiger partial charge is 0.250 e. The van der Waals surface area contributed by atoms with Crippen molar-refractivity contribution in [2.45, 2.75) is 31.5 Å². The van der Waals surface area contributed by atoms with E-state index < -0.39 is 35.2 Å². The number of benzene rings is 3. The number of halogens is 1. The lowest BCUT2D eigenvalue weighted by atomic mass is 9.76. The minimum atomic E-state index is -1.45. The first-order valence-electron chi connectivity index (χ1n) is 12.7. The van der Waals surface area contributed by atoms with E-state index in [1.54, 1.807) is 48.5 Å². The van der Waals surface area contributed by atoms with E-state index in [0.717, 1.165) is 11.1 Å². The minimum absolute atomic E-state index is 0.0480. The van der Waals surface area contributed by atoms with Crippen molar-refractivity contribution in [1.29, 1.82) is 0 Å². The zero-order chi connectivity index (χ0) is 27.1. The predicted molar refractivity (Wildman–Crippen MR) is 140 cm³/mol. The van der Waals surface area contributed by atoms with Crippen LogP contribution in [0.2, 0.25) is 5.02 Å². The van der Waals surface area contributed by atoms with Crippen LogP contribution in [0.25, 0.3) is 0 Å². The van der Waals surface area contributed by atoms with E-state index in [1.165, 1.54) is 4.90 Å². The number of phenols is 1. The zero-order valence-electron chi connectivity index (χ0n) is 20.9. The molecule has 2 saturated heterocycles. The van der Waals surface area contributed by atoms with Crippen molar-refractivity contribution in [2.24, 2.45) is 11.8 Å². The Balaban J connectivity index is 1.31. The fraction of sp³-hybridized carbons (Fsp3) is 0.276. The summed E-state index contributed by atoms with van der Waals surface area (Å²) < 4.78 is 10.9. The number of fused-ring (bicyclic) bond motifs is 5. The number of nitrogens with one attached hydrogen (secondary N) is 2. The van der Waals surface area contributed by atoms with E-state index >= 15 is 0 Å². The average molecular weight is 546 g/mol. The number of likely N-dealkylation sites (tertiary alicyclic amines) is 1. The minimum Gasteiger partial charge on any atom is -0.508 e. The molecule has 1 spiro atoms. The van der Waals surface area contributed by atoms with Gasteiger partial charge in [0.2, 0.25) is 24.5 Å². The molecule has 9 nitrogen and oxygen atoms in total. The Kier molecular flexibility index (Phi) is 5.20. The van der Waals surface area contributed by atoms with Crippen molar-refractivity contribution >= 4 is 35.0 Å². The Bertz CT molecular complexity index is 1570. The lowest BCUT2D eigenvalue weighted by molar-refractivity contribution is -0.143. The molecule has 3 amide bonds. The summed E-state index contributed by atoms with van der Waals surface area (Å²) in [6.45, 7) is 2.04. The number of anilines is 1. The average Bonchev–Trinajstić information content (AvgIpc) is 3.63. The highest BCUT2D eigenvalue weighted by atomic mass is 35.5. The molecular weight excluding hydrogens is 522 g/mol. The molecule has 4 aliphatic heterocycles. The molecule has 4 aliphatic rings. The molecule has 198 valence electrons. The number of nitrogens with zero attached hydrogens (tertiary/aromatic N) is 1. The summed E-state index contributed by atoms with van der Waals surface area (Å²) >= 11 is 6.52. The van der Waals surface area contributed by atoms with Gasteiger partial charge in [-0.15, -0.1) is 0 Å². The Morgan fingerprint density at radius 2 is 1.74 bits per heavy atom. The van der Waals surface area contributed by atoms with E-state index in [1.807, 2.05) is 13.0 Å². The molecule has 4 heterocycles. The van der Waals surface area contributed by atoms with E-state index in [9.17, 15) is 19.5 Å². The van der Waals surface area contributed by atoms with Crippen LogP contribution in [0.4, 0.5) is 5.69 Å². The SMILES string of the molecule is Cc1cc(Cl)c2c(c1)[C@@]1(N[C@H](Cc3ccc(O)cc3)[C@H]3C(=O)N(Cc4ccc5c(c4)OCO5)C(=O)[C@H]31)C(=O)N2. The number of ether oxygens (including phenoxy) is 2.